The molecule has 14 heavy (non-hydrogen) atoms. The van der Waals surface area contributed by atoms with Crippen molar-refractivity contribution in [1.29, 1.82) is 0 Å². The molecule has 0 radical (unpaired) electrons. The summed E-state index contributed by atoms with van der Waals surface area (Å²) in [5.74, 6) is 0.200. The number of carbonyl (C=O) groups excluding carboxylic acids is 1. The molecule has 0 aromatic heterocycles. The highest BCUT2D eigenvalue weighted by molar-refractivity contribution is 5.83. The van der Waals surface area contributed by atoms with Crippen LogP contribution in [-0.2, 0) is 4.79 Å². The van der Waals surface area contributed by atoms with Gasteiger partial charge in [-0.3, -0.25) is 4.79 Å². The van der Waals surface area contributed by atoms with Crippen LogP contribution in [0.1, 0.15) is 32.1 Å². The second-order valence-corrected chi connectivity index (χ2v) is 3.96. The maximum absolute atomic E-state index is 11.8. The molecular formula is C12H19NO. The second kappa shape index (κ2) is 4.99. The summed E-state index contributed by atoms with van der Waals surface area (Å²) in [5.41, 5.74) is -0.200. The van der Waals surface area contributed by atoms with Crippen molar-refractivity contribution in [2.24, 2.45) is 5.41 Å². The van der Waals surface area contributed by atoms with Gasteiger partial charge >= 0.3 is 0 Å². The molecule has 0 aromatic carbocycles. The molecule has 0 aromatic rings. The van der Waals surface area contributed by atoms with Gasteiger partial charge in [0.15, 0.2) is 0 Å². The first-order valence-electron chi connectivity index (χ1n) is 5.25. The molecule has 0 bridgehead atoms. The molecule has 1 atom stereocenters. The second-order valence-electron chi connectivity index (χ2n) is 3.96. The third-order valence-corrected chi connectivity index (χ3v) is 2.96. The smallest absolute Gasteiger partial charge is 0.226 e. The molecule has 1 fully saturated rings. The van der Waals surface area contributed by atoms with Crippen molar-refractivity contribution in [2.45, 2.75) is 32.1 Å². The summed E-state index contributed by atoms with van der Waals surface area (Å²) in [6, 6.07) is 0. The Morgan fingerprint density at radius 1 is 1.43 bits per heavy atom. The Morgan fingerprint density at radius 2 is 2.21 bits per heavy atom. The quantitative estimate of drug-likeness (QED) is 0.667. The average Bonchev–Trinajstić information content (AvgIpc) is 2.20. The molecule has 1 aliphatic heterocycles. The molecule has 1 aliphatic rings. The van der Waals surface area contributed by atoms with E-state index in [0.717, 1.165) is 38.6 Å². The summed E-state index contributed by atoms with van der Waals surface area (Å²) in [5, 5.41) is 2.95. The van der Waals surface area contributed by atoms with Gasteiger partial charge in [-0.15, -0.1) is 13.2 Å². The molecule has 78 valence electrons. The lowest BCUT2D eigenvalue weighted by molar-refractivity contribution is -0.133. The number of piperidine rings is 1. The van der Waals surface area contributed by atoms with Crippen molar-refractivity contribution < 1.29 is 4.79 Å². The molecule has 1 rings (SSSR count). The van der Waals surface area contributed by atoms with Crippen LogP contribution in [0.5, 0.6) is 0 Å². The van der Waals surface area contributed by atoms with E-state index in [1.165, 1.54) is 0 Å². The lowest BCUT2D eigenvalue weighted by atomic mass is 9.73. The van der Waals surface area contributed by atoms with Crippen LogP contribution in [0.2, 0.25) is 0 Å². The first-order chi connectivity index (χ1) is 6.75. The summed E-state index contributed by atoms with van der Waals surface area (Å²) < 4.78 is 0. The fourth-order valence-corrected chi connectivity index (χ4v) is 2.12. The molecule has 2 heteroatoms. The van der Waals surface area contributed by atoms with E-state index in [2.05, 4.69) is 18.5 Å². The zero-order valence-electron chi connectivity index (χ0n) is 8.72. The summed E-state index contributed by atoms with van der Waals surface area (Å²) in [7, 11) is 0. The highest BCUT2D eigenvalue weighted by Gasteiger charge is 2.37. The van der Waals surface area contributed by atoms with Crippen LogP contribution in [-0.4, -0.2) is 12.5 Å². The van der Waals surface area contributed by atoms with Gasteiger partial charge in [0.1, 0.15) is 0 Å². The van der Waals surface area contributed by atoms with Crippen LogP contribution < -0.4 is 5.32 Å². The van der Waals surface area contributed by atoms with Crippen LogP contribution in [0.15, 0.2) is 25.3 Å². The van der Waals surface area contributed by atoms with E-state index in [1.54, 1.807) is 0 Å². The van der Waals surface area contributed by atoms with Gasteiger partial charge in [0.05, 0.1) is 5.41 Å². The van der Waals surface area contributed by atoms with Crippen molar-refractivity contribution in [3.63, 3.8) is 0 Å². The Kier molecular flexibility index (Phi) is 3.93. The van der Waals surface area contributed by atoms with E-state index in [4.69, 9.17) is 0 Å². The molecule has 1 heterocycles. The fourth-order valence-electron chi connectivity index (χ4n) is 2.12. The van der Waals surface area contributed by atoms with Gasteiger partial charge in [-0.05, 0) is 32.1 Å². The first kappa shape index (κ1) is 11.0. The van der Waals surface area contributed by atoms with Crippen molar-refractivity contribution >= 4 is 5.91 Å². The highest BCUT2D eigenvalue weighted by Crippen LogP contribution is 2.36. The van der Waals surface area contributed by atoms with E-state index in [0.29, 0.717) is 0 Å². The summed E-state index contributed by atoms with van der Waals surface area (Å²) in [6.07, 6.45) is 8.39. The zero-order valence-corrected chi connectivity index (χ0v) is 8.72. The minimum Gasteiger partial charge on any atom is -0.356 e. The maximum atomic E-state index is 11.8. The Balaban J connectivity index is 2.71. The van der Waals surface area contributed by atoms with E-state index >= 15 is 0 Å². The van der Waals surface area contributed by atoms with E-state index < -0.39 is 0 Å². The van der Waals surface area contributed by atoms with Gasteiger partial charge in [0.2, 0.25) is 5.91 Å². The molecule has 0 saturated carbocycles. The standard InChI is InChI=1S/C12H19NO/c1-3-5-8-12(7-4-2)9-6-10-13-11(12)14/h3-4H,1-2,5-10H2,(H,13,14). The average molecular weight is 193 g/mol. The van der Waals surface area contributed by atoms with Crippen molar-refractivity contribution in [1.82, 2.24) is 5.32 Å². The van der Waals surface area contributed by atoms with Crippen LogP contribution in [0.25, 0.3) is 0 Å². The largest absolute Gasteiger partial charge is 0.356 e. The van der Waals surface area contributed by atoms with Crippen LogP contribution in [0.3, 0.4) is 0 Å². The number of rotatable bonds is 5. The Bertz CT molecular complexity index is 234. The number of nitrogens with one attached hydrogen (secondary N) is 1. The zero-order chi connectivity index (χ0) is 10.4. The Labute approximate surface area is 86.1 Å². The normalized spacial score (nSPS) is 26.7. The lowest BCUT2D eigenvalue weighted by Crippen LogP contribution is -2.45. The Hall–Kier alpha value is -1.05. The first-order valence-corrected chi connectivity index (χ1v) is 5.25. The fraction of sp³-hybridized carbons (Fsp3) is 0.583. The monoisotopic (exact) mass is 193 g/mol. The third-order valence-electron chi connectivity index (χ3n) is 2.96. The number of hydrogen-bond acceptors (Lipinski definition) is 1. The molecular weight excluding hydrogens is 174 g/mol. The SMILES string of the molecule is C=CCCC1(CC=C)CCCNC1=O. The van der Waals surface area contributed by atoms with Gasteiger partial charge in [-0.25, -0.2) is 0 Å². The number of carbonyl (C=O) groups is 1. The number of amides is 1. The minimum absolute atomic E-state index is 0.200. The van der Waals surface area contributed by atoms with Gasteiger partial charge in [-0.2, -0.15) is 0 Å². The van der Waals surface area contributed by atoms with Gasteiger partial charge in [0.25, 0.3) is 0 Å². The Morgan fingerprint density at radius 3 is 2.79 bits per heavy atom. The molecule has 1 unspecified atom stereocenters. The summed E-state index contributed by atoms with van der Waals surface area (Å²) in [4.78, 5) is 11.8. The van der Waals surface area contributed by atoms with E-state index in [-0.39, 0.29) is 11.3 Å². The van der Waals surface area contributed by atoms with Crippen molar-refractivity contribution in [2.75, 3.05) is 6.54 Å². The summed E-state index contributed by atoms with van der Waals surface area (Å²) in [6.45, 7) is 8.27. The molecule has 0 spiro atoms. The summed E-state index contributed by atoms with van der Waals surface area (Å²) >= 11 is 0. The predicted octanol–water partition coefficient (Wildman–Crippen LogP) is 2.43. The van der Waals surface area contributed by atoms with E-state index in [1.807, 2.05) is 12.2 Å². The maximum Gasteiger partial charge on any atom is 0.226 e. The van der Waals surface area contributed by atoms with Gasteiger partial charge in [-0.1, -0.05) is 12.2 Å². The van der Waals surface area contributed by atoms with E-state index in [9.17, 15) is 4.79 Å². The molecule has 1 saturated heterocycles. The molecule has 2 nitrogen and oxygen atoms in total. The third kappa shape index (κ3) is 2.25. The van der Waals surface area contributed by atoms with Gasteiger partial charge in [0, 0.05) is 6.54 Å². The molecule has 1 amide bonds. The highest BCUT2D eigenvalue weighted by atomic mass is 16.2. The molecule has 1 N–H and O–H groups in total. The number of allylic oxidation sites excluding steroid dienone is 2. The van der Waals surface area contributed by atoms with Crippen molar-refractivity contribution in [3.05, 3.63) is 25.3 Å². The van der Waals surface area contributed by atoms with Crippen LogP contribution in [0, 0.1) is 5.41 Å². The lowest BCUT2D eigenvalue weighted by Gasteiger charge is -2.35. The topological polar surface area (TPSA) is 29.1 Å². The van der Waals surface area contributed by atoms with Gasteiger partial charge < -0.3 is 5.32 Å². The van der Waals surface area contributed by atoms with Crippen molar-refractivity contribution in [3.8, 4) is 0 Å². The number of hydrogen-bond donors (Lipinski definition) is 1. The van der Waals surface area contributed by atoms with Crippen LogP contribution >= 0.6 is 0 Å². The molecule has 0 aliphatic carbocycles. The van der Waals surface area contributed by atoms with Crippen LogP contribution in [0.4, 0.5) is 0 Å². The minimum atomic E-state index is -0.200. The predicted molar refractivity (Wildman–Crippen MR) is 58.9 cm³/mol.